The molecule has 0 saturated carbocycles. The van der Waals surface area contributed by atoms with E-state index in [0.29, 0.717) is 11.2 Å². The Morgan fingerprint density at radius 2 is 2.09 bits per heavy atom. The van der Waals surface area contributed by atoms with Gasteiger partial charge in [0.05, 0.1) is 6.33 Å². The minimum absolute atomic E-state index is 0.142. The van der Waals surface area contributed by atoms with E-state index >= 15 is 0 Å². The minimum Gasteiger partial charge on any atom is -0.337 e. The van der Waals surface area contributed by atoms with Gasteiger partial charge in [0.2, 0.25) is 0 Å². The Bertz CT molecular complexity index is 622. The molecular weight excluding hydrogens is 294 g/mol. The minimum atomic E-state index is 0.142. The number of rotatable bonds is 3. The lowest BCUT2D eigenvalue weighted by atomic mass is 10.1. The zero-order valence-corrected chi connectivity index (χ0v) is 13.8. The molecule has 2 heterocycles. The Balaban J connectivity index is 1.72. The monoisotopic (exact) mass is 315 g/mol. The van der Waals surface area contributed by atoms with Gasteiger partial charge in [0.15, 0.2) is 0 Å². The molecule has 1 fully saturated rings. The molecule has 5 heteroatoms. The van der Waals surface area contributed by atoms with Crippen LogP contribution in [0.1, 0.15) is 24.2 Å². The van der Waals surface area contributed by atoms with Gasteiger partial charge < -0.3 is 9.47 Å². The van der Waals surface area contributed by atoms with Crippen LogP contribution in [-0.4, -0.2) is 44.5 Å². The second kappa shape index (κ2) is 6.57. The Morgan fingerprint density at radius 1 is 1.32 bits per heavy atom. The number of carbonyl (C=O) groups excluding carboxylic acids is 1. The van der Waals surface area contributed by atoms with Crippen molar-refractivity contribution in [1.29, 1.82) is 0 Å². The fourth-order valence-electron chi connectivity index (χ4n) is 2.63. The van der Waals surface area contributed by atoms with Gasteiger partial charge in [-0.3, -0.25) is 4.79 Å². The maximum absolute atomic E-state index is 12.7. The molecule has 1 atom stereocenters. The van der Waals surface area contributed by atoms with E-state index in [1.165, 1.54) is 0 Å². The summed E-state index contributed by atoms with van der Waals surface area (Å²) >= 11 is 1.98. The quantitative estimate of drug-likeness (QED) is 0.873. The first-order chi connectivity index (χ1) is 10.6. The summed E-state index contributed by atoms with van der Waals surface area (Å²) in [7, 11) is 0. The SMILES string of the molecule is CC(C)[C@@H]1CN(C(=O)c2ccc(-n3ccnc3)cc2)CCS1. The molecule has 1 aliphatic rings. The number of benzene rings is 1. The van der Waals surface area contributed by atoms with Crippen molar-refractivity contribution in [2.75, 3.05) is 18.8 Å². The lowest BCUT2D eigenvalue weighted by Gasteiger charge is -2.34. The van der Waals surface area contributed by atoms with Crippen molar-refractivity contribution in [3.05, 3.63) is 48.5 Å². The molecule has 0 N–H and O–H groups in total. The van der Waals surface area contributed by atoms with E-state index in [0.717, 1.165) is 30.1 Å². The lowest BCUT2D eigenvalue weighted by molar-refractivity contribution is 0.0756. The van der Waals surface area contributed by atoms with Crippen molar-refractivity contribution in [3.63, 3.8) is 0 Å². The molecule has 22 heavy (non-hydrogen) atoms. The molecule has 1 saturated heterocycles. The van der Waals surface area contributed by atoms with E-state index in [-0.39, 0.29) is 5.91 Å². The van der Waals surface area contributed by atoms with Crippen molar-refractivity contribution >= 4 is 17.7 Å². The summed E-state index contributed by atoms with van der Waals surface area (Å²) in [4.78, 5) is 18.7. The average Bonchev–Trinajstić information content (AvgIpc) is 3.09. The summed E-state index contributed by atoms with van der Waals surface area (Å²) in [6, 6.07) is 7.74. The van der Waals surface area contributed by atoms with Crippen molar-refractivity contribution in [2.45, 2.75) is 19.1 Å². The van der Waals surface area contributed by atoms with E-state index in [1.54, 1.807) is 12.5 Å². The smallest absolute Gasteiger partial charge is 0.253 e. The number of nitrogens with zero attached hydrogens (tertiary/aromatic N) is 3. The van der Waals surface area contributed by atoms with Crippen LogP contribution in [0.2, 0.25) is 0 Å². The second-order valence-electron chi connectivity index (χ2n) is 5.92. The molecule has 116 valence electrons. The van der Waals surface area contributed by atoms with Crippen LogP contribution in [0, 0.1) is 5.92 Å². The fraction of sp³-hybridized carbons (Fsp3) is 0.412. The van der Waals surface area contributed by atoms with Gasteiger partial charge >= 0.3 is 0 Å². The first-order valence-corrected chi connectivity index (χ1v) is 8.69. The molecule has 1 aromatic carbocycles. The molecular formula is C17H21N3OS. The average molecular weight is 315 g/mol. The van der Waals surface area contributed by atoms with Crippen LogP contribution in [0.15, 0.2) is 43.0 Å². The maximum Gasteiger partial charge on any atom is 0.253 e. The number of amides is 1. The second-order valence-corrected chi connectivity index (χ2v) is 7.27. The summed E-state index contributed by atoms with van der Waals surface area (Å²) in [5.74, 6) is 1.77. The molecule has 0 bridgehead atoms. The summed E-state index contributed by atoms with van der Waals surface area (Å²) in [6.07, 6.45) is 5.40. The Labute approximate surface area is 135 Å². The van der Waals surface area contributed by atoms with Crippen LogP contribution in [0.3, 0.4) is 0 Å². The van der Waals surface area contributed by atoms with Gasteiger partial charge in [-0.05, 0) is 30.2 Å². The Hall–Kier alpha value is -1.75. The van der Waals surface area contributed by atoms with Crippen LogP contribution < -0.4 is 0 Å². The standard InChI is InChI=1S/C17H21N3OS/c1-13(2)16-11-19(9-10-22-16)17(21)14-3-5-15(6-4-14)20-8-7-18-12-20/h3-8,12-13,16H,9-11H2,1-2H3/t16-/m0/s1. The first kappa shape index (κ1) is 15.2. The van der Waals surface area contributed by atoms with E-state index in [4.69, 9.17) is 0 Å². The molecule has 2 aromatic rings. The largest absolute Gasteiger partial charge is 0.337 e. The van der Waals surface area contributed by atoms with Gasteiger partial charge in [0.1, 0.15) is 0 Å². The zero-order valence-electron chi connectivity index (χ0n) is 13.0. The van der Waals surface area contributed by atoms with E-state index < -0.39 is 0 Å². The van der Waals surface area contributed by atoms with Crippen molar-refractivity contribution in [1.82, 2.24) is 14.5 Å². The van der Waals surface area contributed by atoms with Crippen molar-refractivity contribution in [2.24, 2.45) is 5.92 Å². The summed E-state index contributed by atoms with van der Waals surface area (Å²) in [6.45, 7) is 6.15. The molecule has 0 aliphatic carbocycles. The number of thioether (sulfide) groups is 1. The van der Waals surface area contributed by atoms with E-state index in [9.17, 15) is 4.79 Å². The molecule has 1 aromatic heterocycles. The van der Waals surface area contributed by atoms with Crippen LogP contribution in [0.25, 0.3) is 5.69 Å². The molecule has 4 nitrogen and oxygen atoms in total. The Kier molecular flexibility index (Phi) is 4.52. The molecule has 0 unspecified atom stereocenters. The maximum atomic E-state index is 12.7. The van der Waals surface area contributed by atoms with E-state index in [1.807, 2.05) is 51.7 Å². The van der Waals surface area contributed by atoms with Gasteiger partial charge in [-0.25, -0.2) is 4.98 Å². The van der Waals surface area contributed by atoms with Gasteiger partial charge in [-0.2, -0.15) is 11.8 Å². The number of carbonyl (C=O) groups is 1. The third kappa shape index (κ3) is 3.19. The normalized spacial score (nSPS) is 18.7. The molecule has 3 rings (SSSR count). The highest BCUT2D eigenvalue weighted by molar-refractivity contribution is 8.00. The summed E-state index contributed by atoms with van der Waals surface area (Å²) in [5, 5.41) is 0.544. The highest BCUT2D eigenvalue weighted by atomic mass is 32.2. The van der Waals surface area contributed by atoms with Crippen molar-refractivity contribution in [3.8, 4) is 5.69 Å². The number of hydrogen-bond acceptors (Lipinski definition) is 3. The van der Waals surface area contributed by atoms with Gasteiger partial charge in [-0.1, -0.05) is 13.8 Å². The topological polar surface area (TPSA) is 38.1 Å². The lowest BCUT2D eigenvalue weighted by Crippen LogP contribution is -2.43. The third-order valence-corrected chi connectivity index (χ3v) is 5.58. The summed E-state index contributed by atoms with van der Waals surface area (Å²) in [5.41, 5.74) is 1.78. The van der Waals surface area contributed by atoms with Gasteiger partial charge in [0.25, 0.3) is 5.91 Å². The fourth-order valence-corrected chi connectivity index (χ4v) is 3.93. The van der Waals surface area contributed by atoms with Gasteiger partial charge in [-0.15, -0.1) is 0 Å². The first-order valence-electron chi connectivity index (χ1n) is 7.64. The number of aromatic nitrogens is 2. The number of imidazole rings is 1. The molecule has 0 spiro atoms. The predicted octanol–water partition coefficient (Wildman–Crippen LogP) is 3.09. The van der Waals surface area contributed by atoms with Gasteiger partial charge in [0, 0.05) is 47.7 Å². The van der Waals surface area contributed by atoms with Crippen LogP contribution in [0.4, 0.5) is 0 Å². The van der Waals surface area contributed by atoms with Crippen LogP contribution in [-0.2, 0) is 0 Å². The summed E-state index contributed by atoms with van der Waals surface area (Å²) < 4.78 is 1.93. The number of hydrogen-bond donors (Lipinski definition) is 0. The third-order valence-electron chi connectivity index (χ3n) is 4.04. The van der Waals surface area contributed by atoms with Crippen molar-refractivity contribution < 1.29 is 4.79 Å². The Morgan fingerprint density at radius 3 is 2.73 bits per heavy atom. The molecule has 1 aliphatic heterocycles. The highest BCUT2D eigenvalue weighted by Crippen LogP contribution is 2.26. The molecule has 1 amide bonds. The van der Waals surface area contributed by atoms with Crippen LogP contribution in [0.5, 0.6) is 0 Å². The van der Waals surface area contributed by atoms with Crippen LogP contribution >= 0.6 is 11.8 Å². The zero-order chi connectivity index (χ0) is 15.5. The highest BCUT2D eigenvalue weighted by Gasteiger charge is 2.26. The molecule has 0 radical (unpaired) electrons. The predicted molar refractivity (Wildman–Crippen MR) is 90.6 cm³/mol. The van der Waals surface area contributed by atoms with E-state index in [2.05, 4.69) is 18.8 Å².